The molecule has 0 spiro atoms. The van der Waals surface area contributed by atoms with Crippen LogP contribution in [0.1, 0.15) is 16.8 Å². The molecule has 0 aliphatic carbocycles. The number of hydrogen-bond acceptors (Lipinski definition) is 2. The van der Waals surface area contributed by atoms with Crippen molar-refractivity contribution < 1.29 is 9.59 Å². The Balaban J connectivity index is 2.08. The van der Waals surface area contributed by atoms with E-state index in [9.17, 15) is 9.59 Å². The highest BCUT2D eigenvalue weighted by molar-refractivity contribution is 5.94. The van der Waals surface area contributed by atoms with Crippen LogP contribution in [0.2, 0.25) is 0 Å². The summed E-state index contributed by atoms with van der Waals surface area (Å²) in [5.41, 5.74) is 0.685. The largest absolute Gasteiger partial charge is 0.344 e. The van der Waals surface area contributed by atoms with E-state index in [4.69, 9.17) is 0 Å². The van der Waals surface area contributed by atoms with Gasteiger partial charge in [-0.3, -0.25) is 9.59 Å². The molecule has 2 amide bonds. The molecule has 1 aromatic carbocycles. The molecule has 0 aromatic heterocycles. The Bertz CT molecular complexity index is 417. The van der Waals surface area contributed by atoms with Crippen molar-refractivity contribution in [3.05, 3.63) is 35.9 Å². The molecule has 2 rings (SSSR count). The summed E-state index contributed by atoms with van der Waals surface area (Å²) in [6.45, 7) is 1.73. The van der Waals surface area contributed by atoms with Gasteiger partial charge in [0.25, 0.3) is 5.91 Å². The first-order chi connectivity index (χ1) is 8.18. The first-order valence-corrected chi connectivity index (χ1v) is 5.77. The minimum absolute atomic E-state index is 0.00806. The highest BCUT2D eigenvalue weighted by Gasteiger charge is 2.22. The van der Waals surface area contributed by atoms with Gasteiger partial charge in [-0.05, 0) is 12.1 Å². The molecule has 0 unspecified atom stereocenters. The number of benzene rings is 1. The smallest absolute Gasteiger partial charge is 0.253 e. The third kappa shape index (κ3) is 2.64. The van der Waals surface area contributed by atoms with Gasteiger partial charge in [0.15, 0.2) is 0 Å². The van der Waals surface area contributed by atoms with Gasteiger partial charge < -0.3 is 9.80 Å². The lowest BCUT2D eigenvalue weighted by molar-refractivity contribution is -0.129. The Morgan fingerprint density at radius 1 is 1.12 bits per heavy atom. The van der Waals surface area contributed by atoms with Gasteiger partial charge in [-0.25, -0.2) is 0 Å². The summed E-state index contributed by atoms with van der Waals surface area (Å²) in [4.78, 5) is 27.1. The molecule has 17 heavy (non-hydrogen) atoms. The molecule has 0 N–H and O–H groups in total. The van der Waals surface area contributed by atoms with E-state index in [0.29, 0.717) is 31.6 Å². The second kappa shape index (κ2) is 4.99. The highest BCUT2D eigenvalue weighted by atomic mass is 16.2. The zero-order valence-corrected chi connectivity index (χ0v) is 9.93. The fraction of sp³-hybridized carbons (Fsp3) is 0.385. The van der Waals surface area contributed by atoms with Crippen LogP contribution in [-0.4, -0.2) is 48.3 Å². The topological polar surface area (TPSA) is 40.6 Å². The van der Waals surface area contributed by atoms with E-state index < -0.39 is 0 Å². The van der Waals surface area contributed by atoms with E-state index in [1.54, 1.807) is 29.0 Å². The molecule has 1 aliphatic heterocycles. The number of likely N-dealkylation sites (N-methyl/N-ethyl adjacent to an activating group) is 1. The van der Waals surface area contributed by atoms with Crippen molar-refractivity contribution in [2.24, 2.45) is 0 Å². The van der Waals surface area contributed by atoms with Gasteiger partial charge >= 0.3 is 0 Å². The maximum Gasteiger partial charge on any atom is 0.253 e. The monoisotopic (exact) mass is 232 g/mol. The number of rotatable bonds is 1. The van der Waals surface area contributed by atoms with E-state index in [0.717, 1.165) is 0 Å². The van der Waals surface area contributed by atoms with Crippen LogP contribution in [0.3, 0.4) is 0 Å². The summed E-state index contributed by atoms with van der Waals surface area (Å²) in [5, 5.41) is 0. The standard InChI is InChI=1S/C13H16N2O2/c1-14-9-10-15(8-7-12(14)16)13(17)11-5-3-2-4-6-11/h2-6H,7-10H2,1H3. The van der Waals surface area contributed by atoms with Gasteiger partial charge in [-0.2, -0.15) is 0 Å². The van der Waals surface area contributed by atoms with Crippen LogP contribution in [0.4, 0.5) is 0 Å². The van der Waals surface area contributed by atoms with E-state index in [2.05, 4.69) is 0 Å². The van der Waals surface area contributed by atoms with Crippen LogP contribution in [0.25, 0.3) is 0 Å². The Morgan fingerprint density at radius 2 is 1.82 bits per heavy atom. The molecule has 1 fully saturated rings. The van der Waals surface area contributed by atoms with Gasteiger partial charge in [0.05, 0.1) is 0 Å². The average molecular weight is 232 g/mol. The van der Waals surface area contributed by atoms with Crippen LogP contribution in [0, 0.1) is 0 Å². The van der Waals surface area contributed by atoms with Crippen molar-refractivity contribution in [3.63, 3.8) is 0 Å². The lowest BCUT2D eigenvalue weighted by Gasteiger charge is -2.20. The fourth-order valence-corrected chi connectivity index (χ4v) is 1.90. The maximum absolute atomic E-state index is 12.2. The molecule has 1 heterocycles. The molecule has 1 saturated heterocycles. The molecule has 4 heteroatoms. The second-order valence-corrected chi connectivity index (χ2v) is 4.22. The normalized spacial score (nSPS) is 16.9. The Morgan fingerprint density at radius 3 is 2.53 bits per heavy atom. The molecule has 0 bridgehead atoms. The summed E-state index contributed by atoms with van der Waals surface area (Å²) >= 11 is 0. The molecule has 0 atom stereocenters. The van der Waals surface area contributed by atoms with Crippen LogP contribution < -0.4 is 0 Å². The van der Waals surface area contributed by atoms with Gasteiger partial charge in [-0.15, -0.1) is 0 Å². The van der Waals surface area contributed by atoms with Gasteiger partial charge in [-0.1, -0.05) is 18.2 Å². The van der Waals surface area contributed by atoms with E-state index in [1.807, 2.05) is 18.2 Å². The van der Waals surface area contributed by atoms with Gasteiger partial charge in [0.2, 0.25) is 5.91 Å². The van der Waals surface area contributed by atoms with E-state index >= 15 is 0 Å². The van der Waals surface area contributed by atoms with Crippen molar-refractivity contribution in [3.8, 4) is 0 Å². The molecule has 1 aliphatic rings. The summed E-state index contributed by atoms with van der Waals surface area (Å²) < 4.78 is 0. The zero-order valence-electron chi connectivity index (χ0n) is 9.93. The molecule has 90 valence electrons. The van der Waals surface area contributed by atoms with Crippen LogP contribution >= 0.6 is 0 Å². The summed E-state index contributed by atoms with van der Waals surface area (Å²) in [7, 11) is 1.78. The van der Waals surface area contributed by atoms with E-state index in [1.165, 1.54) is 0 Å². The van der Waals surface area contributed by atoms with Crippen LogP contribution in [-0.2, 0) is 4.79 Å². The number of carbonyl (C=O) groups excluding carboxylic acids is 2. The SMILES string of the molecule is CN1CCN(C(=O)c2ccccc2)CCC1=O. The van der Waals surface area contributed by atoms with Gasteiger partial charge in [0, 0.05) is 38.7 Å². The van der Waals surface area contributed by atoms with Crippen molar-refractivity contribution >= 4 is 11.8 Å². The average Bonchev–Trinajstić information content (AvgIpc) is 2.53. The summed E-state index contributed by atoms with van der Waals surface area (Å²) in [6, 6.07) is 9.19. The van der Waals surface area contributed by atoms with Crippen molar-refractivity contribution in [1.29, 1.82) is 0 Å². The quantitative estimate of drug-likeness (QED) is 0.724. The lowest BCUT2D eigenvalue weighted by atomic mass is 10.2. The predicted molar refractivity (Wildman–Crippen MR) is 64.6 cm³/mol. The number of hydrogen-bond donors (Lipinski definition) is 0. The van der Waals surface area contributed by atoms with Crippen molar-refractivity contribution in [1.82, 2.24) is 9.80 Å². The molecule has 0 radical (unpaired) electrons. The molecular weight excluding hydrogens is 216 g/mol. The molecule has 4 nitrogen and oxygen atoms in total. The Labute approximate surface area is 101 Å². The van der Waals surface area contributed by atoms with Crippen LogP contribution in [0.15, 0.2) is 30.3 Å². The predicted octanol–water partition coefficient (Wildman–Crippen LogP) is 0.991. The number of amides is 2. The fourth-order valence-electron chi connectivity index (χ4n) is 1.90. The molecule has 1 aromatic rings. The van der Waals surface area contributed by atoms with Crippen molar-refractivity contribution in [2.45, 2.75) is 6.42 Å². The Hall–Kier alpha value is -1.84. The zero-order chi connectivity index (χ0) is 12.3. The maximum atomic E-state index is 12.2. The third-order valence-corrected chi connectivity index (χ3v) is 3.03. The molecule has 0 saturated carbocycles. The van der Waals surface area contributed by atoms with Crippen molar-refractivity contribution in [2.75, 3.05) is 26.7 Å². The lowest BCUT2D eigenvalue weighted by Crippen LogP contribution is -2.34. The minimum atomic E-state index is 0.00806. The second-order valence-electron chi connectivity index (χ2n) is 4.22. The van der Waals surface area contributed by atoms with Gasteiger partial charge in [0.1, 0.15) is 0 Å². The molecular formula is C13H16N2O2. The first-order valence-electron chi connectivity index (χ1n) is 5.77. The van der Waals surface area contributed by atoms with Crippen LogP contribution in [0.5, 0.6) is 0 Å². The minimum Gasteiger partial charge on any atom is -0.344 e. The summed E-state index contributed by atoms with van der Waals surface area (Å²) in [5.74, 6) is 0.113. The highest BCUT2D eigenvalue weighted by Crippen LogP contribution is 2.08. The summed E-state index contributed by atoms with van der Waals surface area (Å²) in [6.07, 6.45) is 0.412. The third-order valence-electron chi connectivity index (χ3n) is 3.03. The number of carbonyl (C=O) groups is 2. The Kier molecular flexibility index (Phi) is 3.42. The first kappa shape index (κ1) is 11.6. The number of nitrogens with zero attached hydrogens (tertiary/aromatic N) is 2. The van der Waals surface area contributed by atoms with E-state index in [-0.39, 0.29) is 11.8 Å².